The summed E-state index contributed by atoms with van der Waals surface area (Å²) in [6.45, 7) is 0. The minimum atomic E-state index is -4.75. The van der Waals surface area contributed by atoms with E-state index in [9.17, 15) is 18.0 Å². The van der Waals surface area contributed by atoms with E-state index in [1.165, 1.54) is 6.07 Å². The third-order valence-corrected chi connectivity index (χ3v) is 2.17. The van der Waals surface area contributed by atoms with Crippen molar-refractivity contribution in [3.63, 3.8) is 0 Å². The van der Waals surface area contributed by atoms with Gasteiger partial charge >= 0.3 is 6.18 Å². The lowest BCUT2D eigenvalue weighted by Gasteiger charge is -2.14. The summed E-state index contributed by atoms with van der Waals surface area (Å²) in [6.07, 6.45) is -4.75. The Kier molecular flexibility index (Phi) is 3.63. The van der Waals surface area contributed by atoms with Crippen LogP contribution in [0.25, 0.3) is 0 Å². The molecule has 1 rings (SSSR count). The van der Waals surface area contributed by atoms with Crippen LogP contribution in [0.15, 0.2) is 12.1 Å². The van der Waals surface area contributed by atoms with Gasteiger partial charge in [0.2, 0.25) is 0 Å². The van der Waals surface area contributed by atoms with Gasteiger partial charge in [0.1, 0.15) is 11.3 Å². The smallest absolute Gasteiger partial charge is 0.421 e. The Bertz CT molecular complexity index is 505. The van der Waals surface area contributed by atoms with Crippen molar-refractivity contribution < 1.29 is 22.7 Å². The lowest BCUT2D eigenvalue weighted by Crippen LogP contribution is -2.11. The van der Waals surface area contributed by atoms with Gasteiger partial charge < -0.3 is 4.74 Å². The standard InChI is InChI=1S/C10H5ClF3NO2/c1-17-7-3-5(9(11)16)2-6(4-15)8(7)10(12,13)14/h2-3H,1H3. The van der Waals surface area contributed by atoms with Gasteiger partial charge in [-0.25, -0.2) is 0 Å². The van der Waals surface area contributed by atoms with E-state index in [2.05, 4.69) is 4.74 Å². The van der Waals surface area contributed by atoms with E-state index in [0.29, 0.717) is 0 Å². The summed E-state index contributed by atoms with van der Waals surface area (Å²) in [4.78, 5) is 10.9. The molecule has 1 aromatic rings. The minimum absolute atomic E-state index is 0.229. The molecule has 0 saturated heterocycles. The molecule has 0 spiro atoms. The number of rotatable bonds is 2. The summed E-state index contributed by atoms with van der Waals surface area (Å²) in [5, 5.41) is 7.68. The molecule has 7 heteroatoms. The van der Waals surface area contributed by atoms with Crippen LogP contribution in [0.2, 0.25) is 0 Å². The Balaban J connectivity index is 3.61. The third-order valence-electron chi connectivity index (χ3n) is 1.95. The minimum Gasteiger partial charge on any atom is -0.496 e. The first-order chi connectivity index (χ1) is 7.81. The number of methoxy groups -OCH3 is 1. The maximum absolute atomic E-state index is 12.7. The molecule has 90 valence electrons. The van der Waals surface area contributed by atoms with Crippen molar-refractivity contribution in [2.75, 3.05) is 7.11 Å². The van der Waals surface area contributed by atoms with Crippen LogP contribution in [-0.4, -0.2) is 12.4 Å². The highest BCUT2D eigenvalue weighted by Crippen LogP contribution is 2.39. The molecule has 0 unspecified atom stereocenters. The molecule has 0 amide bonds. The normalized spacial score (nSPS) is 10.8. The molecule has 0 heterocycles. The van der Waals surface area contributed by atoms with Gasteiger partial charge in [-0.15, -0.1) is 0 Å². The predicted octanol–water partition coefficient (Wildman–Crippen LogP) is 2.96. The molecule has 1 aromatic carbocycles. The van der Waals surface area contributed by atoms with Crippen molar-refractivity contribution in [2.45, 2.75) is 6.18 Å². The van der Waals surface area contributed by atoms with Gasteiger partial charge in [0.25, 0.3) is 5.24 Å². The summed E-state index contributed by atoms with van der Waals surface area (Å²) in [7, 11) is 1.01. The molecule has 0 atom stereocenters. The van der Waals surface area contributed by atoms with Gasteiger partial charge in [-0.3, -0.25) is 4.79 Å². The highest BCUT2D eigenvalue weighted by molar-refractivity contribution is 6.67. The number of halogens is 4. The number of hydrogen-bond acceptors (Lipinski definition) is 3. The zero-order valence-corrected chi connectivity index (χ0v) is 9.19. The van der Waals surface area contributed by atoms with Crippen molar-refractivity contribution in [2.24, 2.45) is 0 Å². The maximum Gasteiger partial charge on any atom is 0.421 e. The van der Waals surface area contributed by atoms with Crippen molar-refractivity contribution in [1.29, 1.82) is 5.26 Å². The van der Waals surface area contributed by atoms with E-state index in [4.69, 9.17) is 16.9 Å². The van der Waals surface area contributed by atoms with Crippen LogP contribution in [0.4, 0.5) is 13.2 Å². The molecule has 0 aliphatic rings. The molecule has 0 radical (unpaired) electrons. The summed E-state index contributed by atoms with van der Waals surface area (Å²) < 4.78 is 42.5. The van der Waals surface area contributed by atoms with Gasteiger partial charge in [0.05, 0.1) is 18.7 Å². The number of nitriles is 1. The molecule has 0 aliphatic carbocycles. The monoisotopic (exact) mass is 263 g/mol. The Hall–Kier alpha value is -1.74. The Morgan fingerprint density at radius 2 is 2.06 bits per heavy atom. The second-order valence-corrected chi connectivity index (χ2v) is 3.33. The molecule has 0 saturated carbocycles. The zero-order valence-electron chi connectivity index (χ0n) is 8.43. The number of hydrogen-bond donors (Lipinski definition) is 0. The van der Waals surface area contributed by atoms with E-state index in [1.54, 1.807) is 0 Å². The van der Waals surface area contributed by atoms with Crippen LogP contribution in [0, 0.1) is 11.3 Å². The summed E-state index contributed by atoms with van der Waals surface area (Å²) in [5.41, 5.74) is -2.15. The second-order valence-electron chi connectivity index (χ2n) is 2.98. The molecule has 0 aliphatic heterocycles. The van der Waals surface area contributed by atoms with Gasteiger partial charge in [0, 0.05) is 5.56 Å². The van der Waals surface area contributed by atoms with Crippen LogP contribution in [0.5, 0.6) is 5.75 Å². The molecule has 0 aromatic heterocycles. The van der Waals surface area contributed by atoms with E-state index < -0.39 is 28.3 Å². The SMILES string of the molecule is COc1cc(C(=O)Cl)cc(C#N)c1C(F)(F)F. The molecular formula is C10H5ClF3NO2. The van der Waals surface area contributed by atoms with Crippen LogP contribution in [0.1, 0.15) is 21.5 Å². The first kappa shape index (κ1) is 13.3. The van der Waals surface area contributed by atoms with Crippen molar-refractivity contribution >= 4 is 16.8 Å². The number of alkyl halides is 3. The third kappa shape index (κ3) is 2.68. The average molecular weight is 264 g/mol. The van der Waals surface area contributed by atoms with Gasteiger partial charge in [-0.2, -0.15) is 18.4 Å². The fourth-order valence-electron chi connectivity index (χ4n) is 1.27. The highest BCUT2D eigenvalue weighted by atomic mass is 35.5. The molecule has 17 heavy (non-hydrogen) atoms. The topological polar surface area (TPSA) is 50.1 Å². The molecule has 0 N–H and O–H groups in total. The Labute approximate surface area is 99.4 Å². The number of carbonyl (C=O) groups excluding carboxylic acids is 1. The van der Waals surface area contributed by atoms with Crippen LogP contribution in [-0.2, 0) is 6.18 Å². The fraction of sp³-hybridized carbons (Fsp3) is 0.200. The first-order valence-electron chi connectivity index (χ1n) is 4.20. The summed E-state index contributed by atoms with van der Waals surface area (Å²) >= 11 is 5.14. The fourth-order valence-corrected chi connectivity index (χ4v) is 1.38. The largest absolute Gasteiger partial charge is 0.496 e. The predicted molar refractivity (Wildman–Crippen MR) is 52.9 cm³/mol. The van der Waals surface area contributed by atoms with E-state index in [0.717, 1.165) is 19.2 Å². The van der Waals surface area contributed by atoms with Crippen LogP contribution < -0.4 is 4.74 Å². The average Bonchev–Trinajstić information content (AvgIpc) is 2.25. The maximum atomic E-state index is 12.7. The second kappa shape index (κ2) is 4.63. The van der Waals surface area contributed by atoms with Crippen LogP contribution >= 0.6 is 11.6 Å². The number of benzene rings is 1. The zero-order chi connectivity index (χ0) is 13.2. The van der Waals surface area contributed by atoms with Crippen molar-refractivity contribution in [3.05, 3.63) is 28.8 Å². The lowest BCUT2D eigenvalue weighted by atomic mass is 10.0. The highest BCUT2D eigenvalue weighted by Gasteiger charge is 2.38. The summed E-state index contributed by atoms with van der Waals surface area (Å²) in [6, 6.07) is 2.99. The van der Waals surface area contributed by atoms with Gasteiger partial charge in [-0.05, 0) is 23.7 Å². The lowest BCUT2D eigenvalue weighted by molar-refractivity contribution is -0.138. The van der Waals surface area contributed by atoms with Gasteiger partial charge in [-0.1, -0.05) is 0 Å². The summed E-state index contributed by atoms with van der Waals surface area (Å²) in [5.74, 6) is -0.611. The number of carbonyl (C=O) groups is 1. The van der Waals surface area contributed by atoms with E-state index in [1.807, 2.05) is 0 Å². The quantitative estimate of drug-likeness (QED) is 0.771. The molecule has 0 bridgehead atoms. The van der Waals surface area contributed by atoms with Gasteiger partial charge in [0.15, 0.2) is 0 Å². The van der Waals surface area contributed by atoms with E-state index in [-0.39, 0.29) is 5.56 Å². The van der Waals surface area contributed by atoms with Crippen LogP contribution in [0.3, 0.4) is 0 Å². The van der Waals surface area contributed by atoms with Crippen molar-refractivity contribution in [3.8, 4) is 11.8 Å². The molecular weight excluding hydrogens is 259 g/mol. The Morgan fingerprint density at radius 1 is 1.47 bits per heavy atom. The molecule has 3 nitrogen and oxygen atoms in total. The number of ether oxygens (including phenoxy) is 1. The van der Waals surface area contributed by atoms with E-state index >= 15 is 0 Å². The Morgan fingerprint density at radius 3 is 2.41 bits per heavy atom. The molecule has 0 fully saturated rings. The number of nitrogens with zero attached hydrogens (tertiary/aromatic N) is 1. The first-order valence-corrected chi connectivity index (χ1v) is 4.58. The van der Waals surface area contributed by atoms with Crippen molar-refractivity contribution in [1.82, 2.24) is 0 Å².